The minimum Gasteiger partial charge on any atom is -0.493 e. The lowest BCUT2D eigenvalue weighted by Crippen LogP contribution is -1.99. The molecule has 0 saturated heterocycles. The summed E-state index contributed by atoms with van der Waals surface area (Å²) in [7, 11) is 4.55. The van der Waals surface area contributed by atoms with Gasteiger partial charge in [0, 0.05) is 6.07 Å². The molecule has 0 saturated carbocycles. The number of fused-ring (bicyclic) bond motifs is 1. The molecule has 0 amide bonds. The minimum absolute atomic E-state index is 0.0825. The van der Waals surface area contributed by atoms with E-state index in [1.165, 1.54) is 21.3 Å². The first-order valence-corrected chi connectivity index (χ1v) is 7.99. The van der Waals surface area contributed by atoms with Crippen LogP contribution in [0.25, 0.3) is 6.08 Å². The lowest BCUT2D eigenvalue weighted by molar-refractivity contribution is 0.101. The van der Waals surface area contributed by atoms with E-state index in [1.807, 2.05) is 6.07 Å². The first-order valence-electron chi connectivity index (χ1n) is 7.99. The second kappa shape index (κ2) is 7.70. The molecule has 27 heavy (non-hydrogen) atoms. The molecule has 0 fully saturated rings. The predicted octanol–water partition coefficient (Wildman–Crippen LogP) is 3.23. The van der Waals surface area contributed by atoms with Crippen LogP contribution in [0.15, 0.2) is 36.1 Å². The number of hydrogen-bond donors (Lipinski definition) is 0. The van der Waals surface area contributed by atoms with E-state index in [0.29, 0.717) is 39.9 Å². The van der Waals surface area contributed by atoms with Crippen molar-refractivity contribution < 1.29 is 28.5 Å². The van der Waals surface area contributed by atoms with Gasteiger partial charge in [0.15, 0.2) is 23.9 Å². The summed E-state index contributed by atoms with van der Waals surface area (Å²) >= 11 is 0. The van der Waals surface area contributed by atoms with E-state index in [-0.39, 0.29) is 18.1 Å². The molecule has 1 heterocycles. The fraction of sp³-hybridized carbons (Fsp3) is 0.200. The molecule has 3 rings (SSSR count). The van der Waals surface area contributed by atoms with Crippen LogP contribution in [0, 0.1) is 11.3 Å². The fourth-order valence-corrected chi connectivity index (χ4v) is 2.71. The van der Waals surface area contributed by atoms with Crippen molar-refractivity contribution in [3.8, 4) is 34.8 Å². The number of ether oxygens (including phenoxy) is 5. The standard InChI is InChI=1S/C20H17NO6/c1-23-17-9-12(10-18(24-2)20(17)25-3)8-16-19(22)14-5-4-13(26-7-6-21)11-15(14)27-16/h4-5,8-11H,7H2,1-3H3. The first-order chi connectivity index (χ1) is 13.1. The zero-order chi connectivity index (χ0) is 19.4. The number of nitrogens with zero attached hydrogens (tertiary/aromatic N) is 1. The molecule has 0 aliphatic carbocycles. The summed E-state index contributed by atoms with van der Waals surface area (Å²) in [4.78, 5) is 12.6. The van der Waals surface area contributed by atoms with Gasteiger partial charge < -0.3 is 23.7 Å². The molecule has 0 unspecified atom stereocenters. The first kappa shape index (κ1) is 18.1. The topological polar surface area (TPSA) is 87.0 Å². The summed E-state index contributed by atoms with van der Waals surface area (Å²) in [6.45, 7) is -0.0825. The molecule has 0 radical (unpaired) electrons. The molecule has 0 aromatic heterocycles. The zero-order valence-electron chi connectivity index (χ0n) is 15.1. The summed E-state index contributed by atoms with van der Waals surface area (Å²) in [6.07, 6.45) is 1.60. The maximum absolute atomic E-state index is 12.6. The van der Waals surface area contributed by atoms with Crippen molar-refractivity contribution in [1.82, 2.24) is 0 Å². The number of hydrogen-bond acceptors (Lipinski definition) is 7. The van der Waals surface area contributed by atoms with E-state index in [2.05, 4.69) is 0 Å². The van der Waals surface area contributed by atoms with Gasteiger partial charge in [0.25, 0.3) is 0 Å². The predicted molar refractivity (Wildman–Crippen MR) is 96.6 cm³/mol. The number of carbonyl (C=O) groups is 1. The van der Waals surface area contributed by atoms with E-state index in [4.69, 9.17) is 28.9 Å². The molecule has 0 spiro atoms. The number of Topliss-reactive ketones (excluding diaryl/α,β-unsaturated/α-hetero) is 1. The summed E-state index contributed by atoms with van der Waals surface area (Å²) in [5.41, 5.74) is 1.08. The third-order valence-electron chi connectivity index (χ3n) is 3.93. The van der Waals surface area contributed by atoms with Crippen LogP contribution < -0.4 is 23.7 Å². The smallest absolute Gasteiger partial charge is 0.231 e. The SMILES string of the molecule is COc1cc(C=C2Oc3cc(OCC#N)ccc3C2=O)cc(OC)c1OC. The molecule has 0 bridgehead atoms. The van der Waals surface area contributed by atoms with Crippen molar-refractivity contribution in [2.75, 3.05) is 27.9 Å². The van der Waals surface area contributed by atoms with Crippen LogP contribution in [0.5, 0.6) is 28.7 Å². The molecular weight excluding hydrogens is 350 g/mol. The zero-order valence-corrected chi connectivity index (χ0v) is 15.1. The van der Waals surface area contributed by atoms with Gasteiger partial charge in [0.1, 0.15) is 17.6 Å². The molecule has 1 aliphatic heterocycles. The van der Waals surface area contributed by atoms with E-state index in [0.717, 1.165) is 0 Å². The Labute approximate surface area is 156 Å². The molecule has 138 valence electrons. The van der Waals surface area contributed by atoms with Gasteiger partial charge in [0.05, 0.1) is 26.9 Å². The van der Waals surface area contributed by atoms with Crippen molar-refractivity contribution in [1.29, 1.82) is 5.26 Å². The number of carbonyl (C=O) groups excluding carboxylic acids is 1. The van der Waals surface area contributed by atoms with Gasteiger partial charge in [-0.25, -0.2) is 0 Å². The van der Waals surface area contributed by atoms with Gasteiger partial charge in [-0.2, -0.15) is 5.26 Å². The molecule has 7 heteroatoms. The lowest BCUT2D eigenvalue weighted by atomic mass is 10.1. The van der Waals surface area contributed by atoms with Crippen molar-refractivity contribution in [3.63, 3.8) is 0 Å². The summed E-state index contributed by atoms with van der Waals surface area (Å²) in [6, 6.07) is 10.1. The van der Waals surface area contributed by atoms with Crippen molar-refractivity contribution in [2.24, 2.45) is 0 Å². The Hall–Kier alpha value is -3.66. The highest BCUT2D eigenvalue weighted by molar-refractivity contribution is 6.14. The van der Waals surface area contributed by atoms with E-state index >= 15 is 0 Å². The summed E-state index contributed by atoms with van der Waals surface area (Å²) < 4.78 is 26.9. The summed E-state index contributed by atoms with van der Waals surface area (Å²) in [5.74, 6) is 2.16. The average Bonchev–Trinajstić information content (AvgIpc) is 3.00. The Morgan fingerprint density at radius 3 is 2.37 bits per heavy atom. The van der Waals surface area contributed by atoms with Crippen molar-refractivity contribution >= 4 is 11.9 Å². The molecule has 0 atom stereocenters. The lowest BCUT2D eigenvalue weighted by Gasteiger charge is -2.13. The Bertz CT molecular complexity index is 932. The number of methoxy groups -OCH3 is 3. The third-order valence-corrected chi connectivity index (χ3v) is 3.93. The van der Waals surface area contributed by atoms with Gasteiger partial charge in [-0.1, -0.05) is 0 Å². The highest BCUT2D eigenvalue weighted by Gasteiger charge is 2.28. The minimum atomic E-state index is -0.245. The fourth-order valence-electron chi connectivity index (χ4n) is 2.71. The Morgan fingerprint density at radius 1 is 1.07 bits per heavy atom. The molecule has 7 nitrogen and oxygen atoms in total. The molecule has 2 aromatic rings. The van der Waals surface area contributed by atoms with Gasteiger partial charge in [-0.15, -0.1) is 0 Å². The van der Waals surface area contributed by atoms with E-state index in [9.17, 15) is 4.79 Å². The number of allylic oxidation sites excluding steroid dienone is 1. The molecule has 1 aliphatic rings. The van der Waals surface area contributed by atoms with E-state index < -0.39 is 0 Å². The number of nitriles is 1. The highest BCUT2D eigenvalue weighted by Crippen LogP contribution is 2.40. The number of rotatable bonds is 6. The Kier molecular flexibility index (Phi) is 5.18. The summed E-state index contributed by atoms with van der Waals surface area (Å²) in [5, 5.41) is 8.59. The van der Waals surface area contributed by atoms with Crippen LogP contribution in [0.2, 0.25) is 0 Å². The largest absolute Gasteiger partial charge is 0.493 e. The average molecular weight is 367 g/mol. The van der Waals surface area contributed by atoms with Crippen LogP contribution in [0.1, 0.15) is 15.9 Å². The van der Waals surface area contributed by atoms with Crippen LogP contribution in [-0.4, -0.2) is 33.7 Å². The van der Waals surface area contributed by atoms with Gasteiger partial charge in [-0.3, -0.25) is 4.79 Å². The second-order valence-electron chi connectivity index (χ2n) is 5.50. The Balaban J connectivity index is 1.94. The quantitative estimate of drug-likeness (QED) is 0.724. The van der Waals surface area contributed by atoms with Crippen LogP contribution >= 0.6 is 0 Å². The maximum atomic E-state index is 12.6. The van der Waals surface area contributed by atoms with Crippen LogP contribution in [0.4, 0.5) is 0 Å². The van der Waals surface area contributed by atoms with Crippen LogP contribution in [0.3, 0.4) is 0 Å². The molecule has 2 aromatic carbocycles. The molecule has 0 N–H and O–H groups in total. The molecular formula is C20H17NO6. The van der Waals surface area contributed by atoms with Gasteiger partial charge >= 0.3 is 0 Å². The van der Waals surface area contributed by atoms with Crippen molar-refractivity contribution in [2.45, 2.75) is 0 Å². The maximum Gasteiger partial charge on any atom is 0.231 e. The number of ketones is 1. The van der Waals surface area contributed by atoms with Gasteiger partial charge in [0.2, 0.25) is 11.5 Å². The Morgan fingerprint density at radius 2 is 1.78 bits per heavy atom. The highest BCUT2D eigenvalue weighted by atomic mass is 16.5. The second-order valence-corrected chi connectivity index (χ2v) is 5.50. The van der Waals surface area contributed by atoms with Crippen molar-refractivity contribution in [3.05, 3.63) is 47.2 Å². The number of benzene rings is 2. The van der Waals surface area contributed by atoms with Crippen LogP contribution in [-0.2, 0) is 0 Å². The normalized spacial score (nSPS) is 13.6. The van der Waals surface area contributed by atoms with E-state index in [1.54, 1.807) is 36.4 Å². The van der Waals surface area contributed by atoms with Gasteiger partial charge in [-0.05, 0) is 35.9 Å². The third kappa shape index (κ3) is 3.51. The monoisotopic (exact) mass is 367 g/mol.